The number of allylic oxidation sites excluding steroid dienone is 1. The van der Waals surface area contributed by atoms with Gasteiger partial charge in [-0.05, 0) is 79.6 Å². The Morgan fingerprint density at radius 1 is 0.980 bits per heavy atom. The lowest BCUT2D eigenvalue weighted by molar-refractivity contribution is -0.113. The topological polar surface area (TPSA) is 91.2 Å². The fourth-order valence-corrected chi connectivity index (χ4v) is 7.25. The number of methoxy groups -OCH3 is 1. The maximum absolute atomic E-state index is 14.2. The molecular formula is C37H30Cl3N3O5S. The number of ether oxygens (including phenoxy) is 3. The van der Waals surface area contributed by atoms with E-state index in [4.69, 9.17) is 54.0 Å². The second kappa shape index (κ2) is 14.9. The molecule has 0 radical (unpaired) electrons. The molecule has 5 aromatic rings. The van der Waals surface area contributed by atoms with E-state index in [9.17, 15) is 9.59 Å². The molecular weight excluding hydrogens is 705 g/mol. The van der Waals surface area contributed by atoms with Gasteiger partial charge in [0.2, 0.25) is 0 Å². The number of fused-ring (bicyclic) bond motifs is 1. The van der Waals surface area contributed by atoms with Crippen molar-refractivity contribution in [1.29, 1.82) is 0 Å². The van der Waals surface area contributed by atoms with Gasteiger partial charge in [-0.2, -0.15) is 0 Å². The van der Waals surface area contributed by atoms with E-state index in [1.165, 1.54) is 18.4 Å². The molecule has 1 aromatic heterocycles. The van der Waals surface area contributed by atoms with Crippen LogP contribution in [0.4, 0.5) is 5.69 Å². The van der Waals surface area contributed by atoms with Crippen LogP contribution in [-0.4, -0.2) is 24.2 Å². The Labute approximate surface area is 301 Å². The molecule has 0 spiro atoms. The molecule has 6 rings (SSSR count). The molecule has 0 bridgehead atoms. The van der Waals surface area contributed by atoms with E-state index in [0.29, 0.717) is 65.8 Å². The Kier molecular flexibility index (Phi) is 10.5. The Morgan fingerprint density at radius 3 is 2.43 bits per heavy atom. The first kappa shape index (κ1) is 34.3. The number of halogens is 3. The summed E-state index contributed by atoms with van der Waals surface area (Å²) in [4.78, 5) is 33.3. The van der Waals surface area contributed by atoms with E-state index >= 15 is 0 Å². The molecule has 1 N–H and O–H groups in total. The number of aromatic nitrogens is 1. The van der Waals surface area contributed by atoms with Crippen LogP contribution in [0.15, 0.2) is 106 Å². The number of hydrogen-bond acceptors (Lipinski definition) is 7. The zero-order valence-electron chi connectivity index (χ0n) is 26.6. The maximum Gasteiger partial charge on any atom is 0.271 e. The van der Waals surface area contributed by atoms with Crippen molar-refractivity contribution in [3.05, 3.63) is 148 Å². The molecule has 49 heavy (non-hydrogen) atoms. The van der Waals surface area contributed by atoms with E-state index in [1.54, 1.807) is 60.0 Å². The third-order valence-electron chi connectivity index (χ3n) is 7.74. The Hall–Kier alpha value is -4.54. The number of thiazole rings is 1. The van der Waals surface area contributed by atoms with Gasteiger partial charge < -0.3 is 19.5 Å². The molecule has 1 aliphatic rings. The quantitative estimate of drug-likeness (QED) is 0.158. The first-order valence-corrected chi connectivity index (χ1v) is 17.2. The highest BCUT2D eigenvalue weighted by Crippen LogP contribution is 2.38. The minimum absolute atomic E-state index is 0.134. The number of amides is 1. The van der Waals surface area contributed by atoms with Crippen LogP contribution < -0.4 is 34.4 Å². The summed E-state index contributed by atoms with van der Waals surface area (Å²) in [5.41, 5.74) is 3.25. The second-order valence-corrected chi connectivity index (χ2v) is 13.2. The highest BCUT2D eigenvalue weighted by molar-refractivity contribution is 7.07. The summed E-state index contributed by atoms with van der Waals surface area (Å²) in [5, 5.41) is 4.24. The zero-order valence-corrected chi connectivity index (χ0v) is 29.7. The molecule has 0 fully saturated rings. The number of carbonyl (C=O) groups is 1. The number of carbonyl (C=O) groups excluding carboxylic acids is 1. The van der Waals surface area contributed by atoms with E-state index in [2.05, 4.69) is 5.32 Å². The monoisotopic (exact) mass is 733 g/mol. The number of rotatable bonds is 10. The fourth-order valence-electron chi connectivity index (χ4n) is 5.46. The lowest BCUT2D eigenvalue weighted by Crippen LogP contribution is -2.40. The van der Waals surface area contributed by atoms with Gasteiger partial charge >= 0.3 is 0 Å². The lowest BCUT2D eigenvalue weighted by atomic mass is 9.95. The largest absolute Gasteiger partial charge is 0.494 e. The van der Waals surface area contributed by atoms with Crippen LogP contribution in [-0.2, 0) is 11.4 Å². The summed E-state index contributed by atoms with van der Waals surface area (Å²) < 4.78 is 19.2. The predicted molar refractivity (Wildman–Crippen MR) is 195 cm³/mol. The van der Waals surface area contributed by atoms with Gasteiger partial charge in [0.25, 0.3) is 11.5 Å². The minimum atomic E-state index is -0.744. The summed E-state index contributed by atoms with van der Waals surface area (Å²) in [7, 11) is 1.51. The maximum atomic E-state index is 14.2. The van der Waals surface area contributed by atoms with Crippen molar-refractivity contribution in [3.8, 4) is 17.2 Å². The molecule has 8 nitrogen and oxygen atoms in total. The van der Waals surface area contributed by atoms with Crippen molar-refractivity contribution in [2.24, 2.45) is 4.99 Å². The van der Waals surface area contributed by atoms with Crippen LogP contribution in [0, 0.1) is 0 Å². The zero-order chi connectivity index (χ0) is 34.7. The van der Waals surface area contributed by atoms with Crippen molar-refractivity contribution >= 4 is 63.8 Å². The van der Waals surface area contributed by atoms with E-state index < -0.39 is 6.04 Å². The molecule has 2 heterocycles. The molecule has 1 aliphatic heterocycles. The van der Waals surface area contributed by atoms with Gasteiger partial charge in [0.1, 0.15) is 12.4 Å². The van der Waals surface area contributed by atoms with Crippen molar-refractivity contribution in [3.63, 3.8) is 0 Å². The third kappa shape index (κ3) is 7.40. The summed E-state index contributed by atoms with van der Waals surface area (Å²) in [6.07, 6.45) is 1.72. The van der Waals surface area contributed by atoms with Gasteiger partial charge in [0.05, 0.1) is 40.6 Å². The SMILES string of the molecule is CCOc1ccc([C@H]2C(C(=O)Nc3ccccc3)=C(C)N=c3s/c(=C\c4cc(Cl)c(OCc5ccc(Cl)cc5Cl)c(OC)c4)c(=O)n32)cc1. The van der Waals surface area contributed by atoms with E-state index in [-0.39, 0.29) is 23.1 Å². The predicted octanol–water partition coefficient (Wildman–Crippen LogP) is 7.82. The van der Waals surface area contributed by atoms with Gasteiger partial charge in [-0.3, -0.25) is 14.2 Å². The van der Waals surface area contributed by atoms with Gasteiger partial charge in [0, 0.05) is 21.3 Å². The number of nitrogens with zero attached hydrogens (tertiary/aromatic N) is 2. The third-order valence-corrected chi connectivity index (χ3v) is 9.59. The van der Waals surface area contributed by atoms with Crippen LogP contribution in [0.5, 0.6) is 17.2 Å². The number of para-hydroxylation sites is 1. The Balaban J connectivity index is 1.40. The molecule has 4 aromatic carbocycles. The second-order valence-electron chi connectivity index (χ2n) is 11.0. The molecule has 0 saturated heterocycles. The van der Waals surface area contributed by atoms with Crippen LogP contribution in [0.3, 0.4) is 0 Å². The van der Waals surface area contributed by atoms with Crippen molar-refractivity contribution in [2.45, 2.75) is 26.5 Å². The van der Waals surface area contributed by atoms with Crippen LogP contribution in [0.2, 0.25) is 15.1 Å². The summed E-state index contributed by atoms with van der Waals surface area (Å²) in [6.45, 7) is 4.33. The van der Waals surface area contributed by atoms with Crippen molar-refractivity contribution in [2.75, 3.05) is 19.0 Å². The number of hydrogen-bond donors (Lipinski definition) is 1. The van der Waals surface area contributed by atoms with E-state index in [0.717, 1.165) is 11.1 Å². The minimum Gasteiger partial charge on any atom is -0.494 e. The number of nitrogens with one attached hydrogen (secondary N) is 1. The fraction of sp³-hybridized carbons (Fsp3) is 0.162. The molecule has 1 atom stereocenters. The van der Waals surface area contributed by atoms with Crippen LogP contribution in [0.1, 0.15) is 36.6 Å². The van der Waals surface area contributed by atoms with Gasteiger partial charge in [0.15, 0.2) is 16.3 Å². The van der Waals surface area contributed by atoms with Gasteiger partial charge in [-0.25, -0.2) is 4.99 Å². The summed E-state index contributed by atoms with van der Waals surface area (Å²) in [6, 6.07) is 24.4. The van der Waals surface area contributed by atoms with Gasteiger partial charge in [-0.15, -0.1) is 0 Å². The highest BCUT2D eigenvalue weighted by atomic mass is 35.5. The highest BCUT2D eigenvalue weighted by Gasteiger charge is 2.32. The average Bonchev–Trinajstić information content (AvgIpc) is 3.38. The molecule has 0 saturated carbocycles. The summed E-state index contributed by atoms with van der Waals surface area (Å²) in [5.74, 6) is 1.03. The Bertz CT molecular complexity index is 2250. The van der Waals surface area contributed by atoms with Crippen molar-refractivity contribution < 1.29 is 19.0 Å². The van der Waals surface area contributed by atoms with Crippen LogP contribution in [0.25, 0.3) is 6.08 Å². The molecule has 250 valence electrons. The molecule has 12 heteroatoms. The molecule has 1 amide bonds. The normalized spacial score (nSPS) is 14.2. The smallest absolute Gasteiger partial charge is 0.271 e. The summed E-state index contributed by atoms with van der Waals surface area (Å²) >= 11 is 20.3. The van der Waals surface area contributed by atoms with Crippen LogP contribution >= 0.6 is 46.1 Å². The number of anilines is 1. The lowest BCUT2D eigenvalue weighted by Gasteiger charge is -2.25. The first-order chi connectivity index (χ1) is 23.7. The number of benzene rings is 4. The van der Waals surface area contributed by atoms with Crippen molar-refractivity contribution in [1.82, 2.24) is 4.57 Å². The van der Waals surface area contributed by atoms with E-state index in [1.807, 2.05) is 49.4 Å². The molecule has 0 aliphatic carbocycles. The molecule has 0 unspecified atom stereocenters. The Morgan fingerprint density at radius 2 is 1.73 bits per heavy atom. The van der Waals surface area contributed by atoms with Gasteiger partial charge in [-0.1, -0.05) is 82.5 Å². The average molecular weight is 735 g/mol. The standard InChI is InChI=1S/C37H30Cl3N3O5S/c1-4-47-27-14-11-23(12-15-27)33-32(35(44)42-26-8-6-5-7-9-26)21(2)41-37-43(33)36(45)31(49-37)18-22-16-29(40)34(30(17-22)46-3)48-20-24-10-13-25(38)19-28(24)39/h5-19,33H,4,20H2,1-3H3,(H,42,44)/b31-18-/t33-/m0/s1. The first-order valence-electron chi connectivity index (χ1n) is 15.2.